The van der Waals surface area contributed by atoms with Crippen LogP contribution in [0.3, 0.4) is 0 Å². The Morgan fingerprint density at radius 1 is 0.882 bits per heavy atom. The zero-order valence-electron chi connectivity index (χ0n) is 18.3. The highest BCUT2D eigenvalue weighted by molar-refractivity contribution is 6.35. The van der Waals surface area contributed by atoms with Gasteiger partial charge in [0.25, 0.3) is 0 Å². The van der Waals surface area contributed by atoms with Gasteiger partial charge >= 0.3 is 0 Å². The fourth-order valence-corrected chi connectivity index (χ4v) is 4.61. The van der Waals surface area contributed by atoms with Crippen molar-refractivity contribution >= 4 is 23.2 Å². The minimum atomic E-state index is -0.278. The number of fused-ring (bicyclic) bond motifs is 1. The fraction of sp³-hybridized carbons (Fsp3) is 0.185. The number of hydrogen-bond acceptors (Lipinski definition) is 4. The van der Waals surface area contributed by atoms with Crippen molar-refractivity contribution in [1.29, 1.82) is 0 Å². The maximum atomic E-state index is 13.3. The Hall–Kier alpha value is -2.99. The third kappa shape index (κ3) is 5.39. The number of halogens is 3. The van der Waals surface area contributed by atoms with Crippen LogP contribution in [0.25, 0.3) is 11.4 Å². The van der Waals surface area contributed by atoms with Crippen molar-refractivity contribution in [3.8, 4) is 17.3 Å². The second kappa shape index (κ2) is 10.1. The van der Waals surface area contributed by atoms with E-state index in [1.807, 2.05) is 6.07 Å². The van der Waals surface area contributed by atoms with Crippen LogP contribution < -0.4 is 4.74 Å². The van der Waals surface area contributed by atoms with Crippen molar-refractivity contribution in [1.82, 2.24) is 14.9 Å². The molecule has 34 heavy (non-hydrogen) atoms. The van der Waals surface area contributed by atoms with Gasteiger partial charge in [-0.05, 0) is 41.5 Å². The van der Waals surface area contributed by atoms with Crippen molar-refractivity contribution in [2.75, 3.05) is 6.54 Å². The zero-order chi connectivity index (χ0) is 23.5. The van der Waals surface area contributed by atoms with Crippen LogP contribution in [0.4, 0.5) is 4.39 Å². The first-order valence-electron chi connectivity index (χ1n) is 11.0. The number of hydrogen-bond donors (Lipinski definition) is 0. The summed E-state index contributed by atoms with van der Waals surface area (Å²) in [6, 6.07) is 21.9. The van der Waals surface area contributed by atoms with E-state index in [0.717, 1.165) is 41.9 Å². The van der Waals surface area contributed by atoms with E-state index in [1.165, 1.54) is 17.7 Å². The van der Waals surface area contributed by atoms with Crippen molar-refractivity contribution in [3.63, 3.8) is 0 Å². The molecule has 3 aromatic carbocycles. The summed E-state index contributed by atoms with van der Waals surface area (Å²) in [5.41, 5.74) is 4.78. The van der Waals surface area contributed by atoms with Gasteiger partial charge in [-0.3, -0.25) is 4.90 Å². The summed E-state index contributed by atoms with van der Waals surface area (Å²) in [6.07, 6.45) is 0.777. The molecule has 0 N–H and O–H groups in total. The maximum Gasteiger partial charge on any atom is 0.222 e. The average molecular weight is 494 g/mol. The minimum Gasteiger partial charge on any atom is -0.472 e. The molecular weight excluding hydrogens is 472 g/mol. The van der Waals surface area contributed by atoms with Gasteiger partial charge in [-0.15, -0.1) is 0 Å². The number of rotatable bonds is 6. The zero-order valence-corrected chi connectivity index (χ0v) is 19.9. The molecule has 7 heteroatoms. The maximum absolute atomic E-state index is 13.3. The second-order valence-electron chi connectivity index (χ2n) is 8.30. The molecule has 4 aromatic rings. The first kappa shape index (κ1) is 22.8. The molecule has 2 heterocycles. The molecule has 1 aliphatic rings. The summed E-state index contributed by atoms with van der Waals surface area (Å²) in [5.74, 6) is 0.770. The predicted molar refractivity (Wildman–Crippen MR) is 132 cm³/mol. The Morgan fingerprint density at radius 2 is 1.62 bits per heavy atom. The predicted octanol–water partition coefficient (Wildman–Crippen LogP) is 6.73. The van der Waals surface area contributed by atoms with Crippen LogP contribution in [0.15, 0.2) is 72.8 Å². The molecule has 0 radical (unpaired) electrons. The molecule has 0 unspecified atom stereocenters. The highest BCUT2D eigenvalue weighted by atomic mass is 35.5. The summed E-state index contributed by atoms with van der Waals surface area (Å²) in [7, 11) is 0. The smallest absolute Gasteiger partial charge is 0.222 e. The van der Waals surface area contributed by atoms with Gasteiger partial charge < -0.3 is 4.74 Å². The van der Waals surface area contributed by atoms with E-state index in [2.05, 4.69) is 29.2 Å². The molecule has 0 aliphatic carbocycles. The second-order valence-corrected chi connectivity index (χ2v) is 9.17. The lowest BCUT2D eigenvalue weighted by Crippen LogP contribution is -2.31. The molecule has 0 spiro atoms. The lowest BCUT2D eigenvalue weighted by atomic mass is 10.0. The monoisotopic (exact) mass is 493 g/mol. The quantitative estimate of drug-likeness (QED) is 0.298. The van der Waals surface area contributed by atoms with E-state index >= 15 is 0 Å². The topological polar surface area (TPSA) is 38.3 Å². The van der Waals surface area contributed by atoms with Crippen LogP contribution >= 0.6 is 23.2 Å². The standard InChI is InChI=1S/C27H22Cl2FN3O/c28-21-12-20(13-22(29)14-21)26-31-25-10-11-33(15-18-4-2-1-3-5-18)16-24(25)27(32-26)34-17-19-6-8-23(30)9-7-19/h1-9,12-14H,10-11,15-17H2. The van der Waals surface area contributed by atoms with E-state index < -0.39 is 0 Å². The first-order valence-corrected chi connectivity index (χ1v) is 11.8. The van der Waals surface area contributed by atoms with Gasteiger partial charge in [0.2, 0.25) is 5.88 Å². The third-order valence-electron chi connectivity index (χ3n) is 5.76. The molecule has 4 nitrogen and oxygen atoms in total. The first-order chi connectivity index (χ1) is 16.5. The largest absolute Gasteiger partial charge is 0.472 e. The van der Waals surface area contributed by atoms with Gasteiger partial charge in [0.05, 0.1) is 5.69 Å². The van der Waals surface area contributed by atoms with E-state index in [9.17, 15) is 4.39 Å². The van der Waals surface area contributed by atoms with Crippen molar-refractivity contribution < 1.29 is 9.13 Å². The van der Waals surface area contributed by atoms with E-state index in [4.69, 9.17) is 37.9 Å². The highest BCUT2D eigenvalue weighted by Gasteiger charge is 2.24. The summed E-state index contributed by atoms with van der Waals surface area (Å²) < 4.78 is 19.5. The number of benzene rings is 3. The molecule has 0 fully saturated rings. The average Bonchev–Trinajstić information content (AvgIpc) is 2.83. The van der Waals surface area contributed by atoms with Crippen LogP contribution in [0.5, 0.6) is 5.88 Å². The van der Waals surface area contributed by atoms with Gasteiger partial charge in [-0.2, -0.15) is 4.98 Å². The van der Waals surface area contributed by atoms with Crippen molar-refractivity contribution in [3.05, 3.63) is 111 Å². The van der Waals surface area contributed by atoms with E-state index in [0.29, 0.717) is 28.3 Å². The van der Waals surface area contributed by atoms with Crippen LogP contribution in [-0.4, -0.2) is 21.4 Å². The summed E-state index contributed by atoms with van der Waals surface area (Å²) >= 11 is 12.4. The third-order valence-corrected chi connectivity index (χ3v) is 6.20. The molecule has 0 saturated carbocycles. The Morgan fingerprint density at radius 3 is 2.35 bits per heavy atom. The Kier molecular flexibility index (Phi) is 6.77. The molecule has 0 saturated heterocycles. The molecule has 0 amide bonds. The van der Waals surface area contributed by atoms with Gasteiger partial charge in [-0.25, -0.2) is 9.37 Å². The van der Waals surface area contributed by atoms with Crippen LogP contribution in [0, 0.1) is 5.82 Å². The van der Waals surface area contributed by atoms with Crippen LogP contribution in [0.1, 0.15) is 22.4 Å². The number of ether oxygens (including phenoxy) is 1. The molecule has 172 valence electrons. The Balaban J connectivity index is 1.47. The molecule has 0 bridgehead atoms. The molecular formula is C27H22Cl2FN3O. The van der Waals surface area contributed by atoms with Crippen LogP contribution in [0.2, 0.25) is 10.0 Å². The van der Waals surface area contributed by atoms with Crippen LogP contribution in [-0.2, 0) is 26.1 Å². The fourth-order valence-electron chi connectivity index (χ4n) is 4.08. The van der Waals surface area contributed by atoms with Gasteiger partial charge in [0, 0.05) is 47.2 Å². The number of nitrogens with zero attached hydrogens (tertiary/aromatic N) is 3. The van der Waals surface area contributed by atoms with Gasteiger partial charge in [-0.1, -0.05) is 65.7 Å². The van der Waals surface area contributed by atoms with E-state index in [-0.39, 0.29) is 12.4 Å². The van der Waals surface area contributed by atoms with Gasteiger partial charge in [0.15, 0.2) is 5.82 Å². The lowest BCUT2D eigenvalue weighted by molar-refractivity contribution is 0.227. The summed E-state index contributed by atoms with van der Waals surface area (Å²) in [5, 5.41) is 1.04. The normalized spacial score (nSPS) is 13.5. The molecule has 0 atom stereocenters. The number of aromatic nitrogens is 2. The highest BCUT2D eigenvalue weighted by Crippen LogP contribution is 2.32. The van der Waals surface area contributed by atoms with Crippen molar-refractivity contribution in [2.24, 2.45) is 0 Å². The minimum absolute atomic E-state index is 0.276. The Labute approximate surface area is 208 Å². The van der Waals surface area contributed by atoms with E-state index in [1.54, 1.807) is 30.3 Å². The SMILES string of the molecule is Fc1ccc(COc2nc(-c3cc(Cl)cc(Cl)c3)nc3c2CN(Cc2ccccc2)CC3)cc1. The van der Waals surface area contributed by atoms with Gasteiger partial charge in [0.1, 0.15) is 12.4 Å². The summed E-state index contributed by atoms with van der Waals surface area (Å²) in [6.45, 7) is 2.67. The lowest BCUT2D eigenvalue weighted by Gasteiger charge is -2.29. The van der Waals surface area contributed by atoms with Crippen molar-refractivity contribution in [2.45, 2.75) is 26.1 Å². The molecule has 1 aliphatic heterocycles. The molecule has 1 aromatic heterocycles. The molecule has 5 rings (SSSR count). The Bertz CT molecular complexity index is 1280. The summed E-state index contributed by atoms with van der Waals surface area (Å²) in [4.78, 5) is 12.0.